The Bertz CT molecular complexity index is 1200. The van der Waals surface area contributed by atoms with E-state index < -0.39 is 5.41 Å². The van der Waals surface area contributed by atoms with Gasteiger partial charge in [0, 0.05) is 23.6 Å². The minimum atomic E-state index is -0.412. The van der Waals surface area contributed by atoms with Crippen LogP contribution in [0.5, 0.6) is 11.5 Å². The molecule has 0 atom stereocenters. The summed E-state index contributed by atoms with van der Waals surface area (Å²) in [5.74, 6) is -0.133. The second-order valence-corrected chi connectivity index (χ2v) is 9.09. The third kappa shape index (κ3) is 6.99. The van der Waals surface area contributed by atoms with Gasteiger partial charge in [-0.15, -0.1) is 5.11 Å². The largest absolute Gasteiger partial charge is 0.507 e. The van der Waals surface area contributed by atoms with E-state index in [4.69, 9.17) is 4.74 Å². The van der Waals surface area contributed by atoms with Crippen LogP contribution in [0.15, 0.2) is 77.0 Å². The van der Waals surface area contributed by atoms with Crippen molar-refractivity contribution in [2.24, 2.45) is 15.6 Å². The van der Waals surface area contributed by atoms with Crippen molar-refractivity contribution in [1.29, 1.82) is 0 Å². The smallest absolute Gasteiger partial charge is 0.225 e. The number of aromatic hydroxyl groups is 1. The summed E-state index contributed by atoms with van der Waals surface area (Å²) in [7, 11) is 0. The first-order valence-electron chi connectivity index (χ1n) is 11.6. The zero-order valence-electron chi connectivity index (χ0n) is 20.5. The van der Waals surface area contributed by atoms with Crippen LogP contribution >= 0.6 is 0 Å². The van der Waals surface area contributed by atoms with Crippen molar-refractivity contribution < 1.29 is 19.4 Å². The topological polar surface area (TPSA) is 100 Å². The maximum atomic E-state index is 12.9. The van der Waals surface area contributed by atoms with Gasteiger partial charge in [0.1, 0.15) is 11.4 Å². The molecule has 35 heavy (non-hydrogen) atoms. The van der Waals surface area contributed by atoms with Crippen LogP contribution in [0.4, 0.5) is 11.4 Å². The van der Waals surface area contributed by atoms with E-state index in [1.165, 1.54) is 12.1 Å². The van der Waals surface area contributed by atoms with Crippen LogP contribution < -0.4 is 10.1 Å². The lowest BCUT2D eigenvalue weighted by Gasteiger charge is -2.17. The molecule has 0 fully saturated rings. The predicted octanol–water partition coefficient (Wildman–Crippen LogP) is 6.14. The highest BCUT2D eigenvalue weighted by Gasteiger charge is 2.20. The maximum absolute atomic E-state index is 12.9. The summed E-state index contributed by atoms with van der Waals surface area (Å²) in [6.45, 7) is 8.40. The maximum Gasteiger partial charge on any atom is 0.225 e. The Kier molecular flexibility index (Phi) is 8.36. The molecule has 7 nitrogen and oxygen atoms in total. The lowest BCUT2D eigenvalue weighted by atomic mass is 9.95. The Morgan fingerprint density at radius 1 is 0.971 bits per heavy atom. The average Bonchev–Trinajstić information content (AvgIpc) is 2.84. The monoisotopic (exact) mass is 473 g/mol. The van der Waals surface area contributed by atoms with E-state index in [1.54, 1.807) is 24.3 Å². The van der Waals surface area contributed by atoms with Crippen LogP contribution in [0.2, 0.25) is 0 Å². The Morgan fingerprint density at radius 3 is 2.29 bits per heavy atom. The van der Waals surface area contributed by atoms with Crippen LogP contribution in [0.25, 0.3) is 0 Å². The Labute approximate surface area is 205 Å². The number of amides is 1. The zero-order valence-corrected chi connectivity index (χ0v) is 20.5. The van der Waals surface area contributed by atoms with Crippen molar-refractivity contribution in [3.63, 3.8) is 0 Å². The van der Waals surface area contributed by atoms with E-state index in [-0.39, 0.29) is 23.0 Å². The molecule has 182 valence electrons. The van der Waals surface area contributed by atoms with Gasteiger partial charge in [-0.3, -0.25) is 9.59 Å². The Balaban J connectivity index is 1.75. The summed E-state index contributed by atoms with van der Waals surface area (Å²) >= 11 is 0. The molecule has 0 saturated heterocycles. The molecule has 3 rings (SSSR count). The standard InChI is InChI=1S/C28H31N3O4/c1-5-35-25-18-24(32)22(26(33)20-9-7-6-8-10-20)17-23(25)31-30-21-13-11-19(12-14-21)15-16-29-27(34)28(2,3)4/h6-14,17-18,32H,5,15-16H2,1-4H3,(H,29,34). The molecule has 0 aliphatic heterocycles. The van der Waals surface area contributed by atoms with E-state index in [2.05, 4.69) is 15.5 Å². The number of rotatable bonds is 9. The minimum absolute atomic E-state index is 0.0204. The van der Waals surface area contributed by atoms with Gasteiger partial charge < -0.3 is 15.2 Å². The molecule has 3 aromatic rings. The number of phenols is 1. The lowest BCUT2D eigenvalue weighted by molar-refractivity contribution is -0.128. The highest BCUT2D eigenvalue weighted by molar-refractivity contribution is 6.11. The van der Waals surface area contributed by atoms with E-state index in [0.29, 0.717) is 42.3 Å². The van der Waals surface area contributed by atoms with Crippen molar-refractivity contribution >= 4 is 23.1 Å². The molecule has 1 amide bonds. The second kappa shape index (κ2) is 11.4. The van der Waals surface area contributed by atoms with E-state index in [0.717, 1.165) is 5.56 Å². The number of nitrogens with zero attached hydrogens (tertiary/aromatic N) is 2. The van der Waals surface area contributed by atoms with E-state index >= 15 is 0 Å². The number of ether oxygens (including phenoxy) is 1. The van der Waals surface area contributed by atoms with Crippen molar-refractivity contribution in [3.8, 4) is 11.5 Å². The second-order valence-electron chi connectivity index (χ2n) is 9.09. The van der Waals surface area contributed by atoms with Crippen LogP contribution in [0.3, 0.4) is 0 Å². The van der Waals surface area contributed by atoms with Crippen molar-refractivity contribution in [3.05, 3.63) is 83.4 Å². The van der Waals surface area contributed by atoms with Crippen molar-refractivity contribution in [2.45, 2.75) is 34.1 Å². The molecule has 0 heterocycles. The van der Waals surface area contributed by atoms with Gasteiger partial charge in [-0.25, -0.2) is 0 Å². The van der Waals surface area contributed by atoms with Gasteiger partial charge in [0.15, 0.2) is 11.5 Å². The highest BCUT2D eigenvalue weighted by atomic mass is 16.5. The Hall–Kier alpha value is -4.00. The molecule has 0 unspecified atom stereocenters. The van der Waals surface area contributed by atoms with Gasteiger partial charge in [0.05, 0.1) is 17.9 Å². The first kappa shape index (κ1) is 25.6. The molecule has 3 aromatic carbocycles. The van der Waals surface area contributed by atoms with Gasteiger partial charge >= 0.3 is 0 Å². The molecule has 0 radical (unpaired) electrons. The number of nitrogens with one attached hydrogen (secondary N) is 1. The molecule has 2 N–H and O–H groups in total. The molecular weight excluding hydrogens is 442 g/mol. The lowest BCUT2D eigenvalue weighted by Crippen LogP contribution is -2.35. The summed E-state index contributed by atoms with van der Waals surface area (Å²) in [6, 6.07) is 19.2. The first-order valence-corrected chi connectivity index (χ1v) is 11.6. The Morgan fingerprint density at radius 2 is 1.66 bits per heavy atom. The van der Waals surface area contributed by atoms with E-state index in [1.807, 2.05) is 58.0 Å². The molecule has 0 saturated carbocycles. The number of carbonyl (C=O) groups excluding carboxylic acids is 2. The van der Waals surface area contributed by atoms with Gasteiger partial charge in [0.2, 0.25) is 5.91 Å². The molecule has 0 spiro atoms. The summed E-state index contributed by atoms with van der Waals surface area (Å²) in [4.78, 5) is 24.9. The predicted molar refractivity (Wildman–Crippen MR) is 136 cm³/mol. The number of ketones is 1. The normalized spacial score (nSPS) is 11.4. The SMILES string of the molecule is CCOc1cc(O)c(C(=O)c2ccccc2)cc1N=Nc1ccc(CCNC(=O)C(C)(C)C)cc1. The fraction of sp³-hybridized carbons (Fsp3) is 0.286. The summed E-state index contributed by atoms with van der Waals surface area (Å²) < 4.78 is 5.59. The molecular formula is C28H31N3O4. The quantitative estimate of drug-likeness (QED) is 0.288. The number of carbonyl (C=O) groups is 2. The van der Waals surface area contributed by atoms with Crippen LogP contribution in [0, 0.1) is 5.41 Å². The number of benzene rings is 3. The number of hydrogen-bond acceptors (Lipinski definition) is 6. The molecule has 7 heteroatoms. The van der Waals surface area contributed by atoms with Gasteiger partial charge in [-0.2, -0.15) is 5.11 Å². The number of azo groups is 1. The first-order chi connectivity index (χ1) is 16.7. The van der Waals surface area contributed by atoms with Crippen LogP contribution in [-0.4, -0.2) is 29.9 Å². The van der Waals surface area contributed by atoms with Gasteiger partial charge in [0.25, 0.3) is 0 Å². The fourth-order valence-electron chi connectivity index (χ4n) is 3.26. The molecule has 0 aliphatic rings. The fourth-order valence-corrected chi connectivity index (χ4v) is 3.26. The highest BCUT2D eigenvalue weighted by Crippen LogP contribution is 2.36. The summed E-state index contributed by atoms with van der Waals surface area (Å²) in [5, 5.41) is 22.0. The zero-order chi connectivity index (χ0) is 25.4. The van der Waals surface area contributed by atoms with Crippen molar-refractivity contribution in [1.82, 2.24) is 5.32 Å². The summed E-state index contributed by atoms with van der Waals surface area (Å²) in [6.07, 6.45) is 0.705. The van der Waals surface area contributed by atoms with Gasteiger partial charge in [-0.05, 0) is 37.1 Å². The number of hydrogen-bond donors (Lipinski definition) is 2. The summed E-state index contributed by atoms with van der Waals surface area (Å²) in [5.41, 5.74) is 2.21. The minimum Gasteiger partial charge on any atom is -0.507 e. The van der Waals surface area contributed by atoms with Gasteiger partial charge in [-0.1, -0.05) is 63.2 Å². The van der Waals surface area contributed by atoms with E-state index in [9.17, 15) is 14.7 Å². The number of phenolic OH excluding ortho intramolecular Hbond substituents is 1. The van der Waals surface area contributed by atoms with Crippen LogP contribution in [0.1, 0.15) is 49.2 Å². The third-order valence-electron chi connectivity index (χ3n) is 5.25. The molecule has 0 aliphatic carbocycles. The molecule has 0 bridgehead atoms. The van der Waals surface area contributed by atoms with Crippen molar-refractivity contribution in [2.75, 3.05) is 13.2 Å². The average molecular weight is 474 g/mol. The van der Waals surface area contributed by atoms with Crippen LogP contribution in [-0.2, 0) is 11.2 Å². The third-order valence-corrected chi connectivity index (χ3v) is 5.25. The molecule has 0 aromatic heterocycles.